The number of amides is 2. The van der Waals surface area contributed by atoms with Crippen molar-refractivity contribution in [3.8, 4) is 0 Å². The van der Waals surface area contributed by atoms with Gasteiger partial charge in [0, 0.05) is 30.9 Å². The van der Waals surface area contributed by atoms with E-state index in [2.05, 4.69) is 5.32 Å². The summed E-state index contributed by atoms with van der Waals surface area (Å²) >= 11 is 0. The second-order valence-electron chi connectivity index (χ2n) is 5.97. The molecule has 0 saturated heterocycles. The minimum atomic E-state index is -1.87. The SMILES string of the molecule is Cc1cc2c(c(C(=O)N(C)C)c1)C(O)(c1ccccc1)C(=O)N2. The lowest BCUT2D eigenvalue weighted by Crippen LogP contribution is -2.37. The van der Waals surface area contributed by atoms with E-state index in [9.17, 15) is 14.7 Å². The summed E-state index contributed by atoms with van der Waals surface area (Å²) in [5.41, 5.74) is 0.532. The first-order valence-electron chi connectivity index (χ1n) is 7.32. The van der Waals surface area contributed by atoms with Gasteiger partial charge in [-0.25, -0.2) is 0 Å². The number of aryl methyl sites for hydroxylation is 1. The molecule has 23 heavy (non-hydrogen) atoms. The minimum Gasteiger partial charge on any atom is -0.372 e. The van der Waals surface area contributed by atoms with Crippen LogP contribution in [0.15, 0.2) is 42.5 Å². The van der Waals surface area contributed by atoms with E-state index in [1.165, 1.54) is 4.90 Å². The molecule has 1 atom stereocenters. The van der Waals surface area contributed by atoms with Gasteiger partial charge in [0.2, 0.25) is 0 Å². The Kier molecular flexibility index (Phi) is 3.45. The molecule has 1 aliphatic heterocycles. The van der Waals surface area contributed by atoms with Crippen molar-refractivity contribution in [2.45, 2.75) is 12.5 Å². The van der Waals surface area contributed by atoms with Crippen molar-refractivity contribution in [3.63, 3.8) is 0 Å². The number of aliphatic hydroxyl groups is 1. The molecule has 0 aliphatic carbocycles. The molecule has 1 heterocycles. The van der Waals surface area contributed by atoms with Crippen molar-refractivity contribution >= 4 is 17.5 Å². The molecule has 3 rings (SSSR count). The fourth-order valence-corrected chi connectivity index (χ4v) is 2.97. The highest BCUT2D eigenvalue weighted by molar-refractivity contribution is 6.11. The molecule has 1 aliphatic rings. The summed E-state index contributed by atoms with van der Waals surface area (Å²) in [6.45, 7) is 1.85. The Morgan fingerprint density at radius 1 is 1.17 bits per heavy atom. The molecule has 0 radical (unpaired) electrons. The Morgan fingerprint density at radius 2 is 1.83 bits per heavy atom. The van der Waals surface area contributed by atoms with Gasteiger partial charge >= 0.3 is 0 Å². The highest BCUT2D eigenvalue weighted by Crippen LogP contribution is 2.43. The van der Waals surface area contributed by atoms with E-state index >= 15 is 0 Å². The standard InChI is InChI=1S/C18H18N2O3/c1-11-9-13(16(21)20(2)3)15-14(10-11)19-17(22)18(15,23)12-7-5-4-6-8-12/h4-10,23H,1-3H3,(H,19,22). The third kappa shape index (κ3) is 2.21. The van der Waals surface area contributed by atoms with Gasteiger partial charge in [0.15, 0.2) is 5.60 Å². The molecule has 0 spiro atoms. The smallest absolute Gasteiger partial charge is 0.265 e. The molecular weight excluding hydrogens is 292 g/mol. The van der Waals surface area contributed by atoms with Crippen molar-refractivity contribution in [2.24, 2.45) is 0 Å². The van der Waals surface area contributed by atoms with E-state index in [-0.39, 0.29) is 5.91 Å². The summed E-state index contributed by atoms with van der Waals surface area (Å²) in [7, 11) is 3.28. The highest BCUT2D eigenvalue weighted by atomic mass is 16.3. The Labute approximate surface area is 134 Å². The van der Waals surface area contributed by atoms with Gasteiger partial charge in [-0.05, 0) is 30.2 Å². The average Bonchev–Trinajstić information content (AvgIpc) is 2.78. The van der Waals surface area contributed by atoms with Crippen LogP contribution < -0.4 is 5.32 Å². The zero-order valence-electron chi connectivity index (χ0n) is 13.3. The van der Waals surface area contributed by atoms with Crippen LogP contribution in [0.2, 0.25) is 0 Å². The zero-order valence-corrected chi connectivity index (χ0v) is 13.3. The Hall–Kier alpha value is -2.66. The third-order valence-corrected chi connectivity index (χ3v) is 4.05. The molecule has 0 bridgehead atoms. The first-order valence-corrected chi connectivity index (χ1v) is 7.32. The zero-order chi connectivity index (χ0) is 16.8. The number of nitrogens with zero attached hydrogens (tertiary/aromatic N) is 1. The molecule has 2 amide bonds. The summed E-state index contributed by atoms with van der Waals surface area (Å²) in [6, 6.07) is 12.1. The van der Waals surface area contributed by atoms with E-state index in [4.69, 9.17) is 0 Å². The fourth-order valence-electron chi connectivity index (χ4n) is 2.97. The quantitative estimate of drug-likeness (QED) is 0.890. The van der Waals surface area contributed by atoms with Crippen molar-refractivity contribution in [1.29, 1.82) is 0 Å². The summed E-state index contributed by atoms with van der Waals surface area (Å²) in [5.74, 6) is -0.798. The monoisotopic (exact) mass is 310 g/mol. The number of benzene rings is 2. The molecule has 5 heteroatoms. The van der Waals surface area contributed by atoms with Crippen molar-refractivity contribution in [1.82, 2.24) is 4.90 Å². The number of carbonyl (C=O) groups is 2. The van der Waals surface area contributed by atoms with Gasteiger partial charge in [0.05, 0.1) is 0 Å². The molecule has 0 saturated carbocycles. The van der Waals surface area contributed by atoms with Crippen LogP contribution in [0, 0.1) is 6.92 Å². The van der Waals surface area contributed by atoms with Crippen LogP contribution in [0.25, 0.3) is 0 Å². The third-order valence-electron chi connectivity index (χ3n) is 4.05. The minimum absolute atomic E-state index is 0.254. The van der Waals surface area contributed by atoms with Crippen LogP contribution in [0.5, 0.6) is 0 Å². The maximum Gasteiger partial charge on any atom is 0.265 e. The van der Waals surface area contributed by atoms with Crippen LogP contribution in [0.1, 0.15) is 27.0 Å². The van der Waals surface area contributed by atoms with Crippen molar-refractivity contribution in [3.05, 3.63) is 64.7 Å². The van der Waals surface area contributed by atoms with E-state index in [1.54, 1.807) is 50.5 Å². The van der Waals surface area contributed by atoms with Gasteiger partial charge < -0.3 is 15.3 Å². The number of rotatable bonds is 2. The van der Waals surface area contributed by atoms with Crippen LogP contribution >= 0.6 is 0 Å². The van der Waals surface area contributed by atoms with Crippen LogP contribution in [0.4, 0.5) is 5.69 Å². The molecule has 2 aromatic carbocycles. The summed E-state index contributed by atoms with van der Waals surface area (Å²) < 4.78 is 0. The average molecular weight is 310 g/mol. The van der Waals surface area contributed by atoms with Crippen LogP contribution in [-0.4, -0.2) is 35.9 Å². The normalized spacial score (nSPS) is 19.2. The molecule has 1 unspecified atom stereocenters. The number of hydrogen-bond donors (Lipinski definition) is 2. The lowest BCUT2D eigenvalue weighted by molar-refractivity contribution is -0.129. The fraction of sp³-hybridized carbons (Fsp3) is 0.222. The molecular formula is C18H18N2O3. The highest BCUT2D eigenvalue weighted by Gasteiger charge is 2.49. The maximum absolute atomic E-state index is 12.6. The maximum atomic E-state index is 12.6. The summed E-state index contributed by atoms with van der Waals surface area (Å²) in [6.07, 6.45) is 0. The molecule has 0 fully saturated rings. The Balaban J connectivity index is 2.31. The predicted molar refractivity (Wildman–Crippen MR) is 87.3 cm³/mol. The second-order valence-corrected chi connectivity index (χ2v) is 5.97. The van der Waals surface area contributed by atoms with E-state index in [0.717, 1.165) is 5.56 Å². The first-order chi connectivity index (χ1) is 10.9. The largest absolute Gasteiger partial charge is 0.372 e. The first kappa shape index (κ1) is 15.2. The summed E-state index contributed by atoms with van der Waals surface area (Å²) in [4.78, 5) is 26.5. The van der Waals surface area contributed by atoms with Gasteiger partial charge in [-0.15, -0.1) is 0 Å². The topological polar surface area (TPSA) is 69.6 Å². The number of nitrogens with one attached hydrogen (secondary N) is 1. The van der Waals surface area contributed by atoms with E-state index in [1.807, 2.05) is 13.0 Å². The van der Waals surface area contributed by atoms with Gasteiger partial charge in [-0.3, -0.25) is 9.59 Å². The predicted octanol–water partition coefficient (Wildman–Crippen LogP) is 1.88. The molecule has 2 N–H and O–H groups in total. The Morgan fingerprint density at radius 3 is 2.43 bits per heavy atom. The van der Waals surface area contributed by atoms with Gasteiger partial charge in [0.25, 0.3) is 11.8 Å². The lowest BCUT2D eigenvalue weighted by Gasteiger charge is -2.24. The van der Waals surface area contributed by atoms with Crippen LogP contribution in [-0.2, 0) is 10.4 Å². The second kappa shape index (κ2) is 5.21. The number of anilines is 1. The van der Waals surface area contributed by atoms with Crippen molar-refractivity contribution in [2.75, 3.05) is 19.4 Å². The van der Waals surface area contributed by atoms with Crippen LogP contribution in [0.3, 0.4) is 0 Å². The Bertz CT molecular complexity index is 799. The summed E-state index contributed by atoms with van der Waals surface area (Å²) in [5, 5.41) is 13.9. The number of fused-ring (bicyclic) bond motifs is 1. The van der Waals surface area contributed by atoms with Crippen molar-refractivity contribution < 1.29 is 14.7 Å². The lowest BCUT2D eigenvalue weighted by atomic mass is 9.84. The number of carbonyl (C=O) groups excluding carboxylic acids is 2. The molecule has 0 aromatic heterocycles. The number of hydrogen-bond acceptors (Lipinski definition) is 3. The molecule has 2 aromatic rings. The van der Waals surface area contributed by atoms with Gasteiger partial charge in [0.1, 0.15) is 0 Å². The van der Waals surface area contributed by atoms with E-state index in [0.29, 0.717) is 22.4 Å². The molecule has 118 valence electrons. The van der Waals surface area contributed by atoms with E-state index < -0.39 is 11.5 Å². The molecule has 5 nitrogen and oxygen atoms in total. The van der Waals surface area contributed by atoms with Gasteiger partial charge in [-0.1, -0.05) is 30.3 Å². The van der Waals surface area contributed by atoms with Gasteiger partial charge in [-0.2, -0.15) is 0 Å².